The third-order valence-electron chi connectivity index (χ3n) is 4.38. The number of hydrogen-bond acceptors (Lipinski definition) is 5. The molecule has 1 aromatic rings. The highest BCUT2D eigenvalue weighted by Crippen LogP contribution is 2.27. The standard InChI is InChI=1S/C17H20N2O5/c1-11(20)12-4-6-14(7-5-12)24-10-13(21)9-19-16(22)15-3-2-8-18(15)17(19)23/h4-7,13,15,21H,2-3,8-10H2,1H3/t13-,15-/m0/s1. The van der Waals surface area contributed by atoms with Gasteiger partial charge < -0.3 is 14.7 Å². The van der Waals surface area contributed by atoms with Crippen LogP contribution in [-0.4, -0.2) is 64.5 Å². The molecule has 0 bridgehead atoms. The molecule has 2 aliphatic heterocycles. The van der Waals surface area contributed by atoms with Gasteiger partial charge in [-0.2, -0.15) is 0 Å². The van der Waals surface area contributed by atoms with Gasteiger partial charge in [0.25, 0.3) is 5.91 Å². The van der Waals surface area contributed by atoms with Crippen LogP contribution in [0.5, 0.6) is 5.75 Å². The Morgan fingerprint density at radius 3 is 2.67 bits per heavy atom. The van der Waals surface area contributed by atoms with Gasteiger partial charge in [-0.15, -0.1) is 0 Å². The highest BCUT2D eigenvalue weighted by atomic mass is 16.5. The number of Topliss-reactive ketones (excluding diaryl/α,β-unsaturated/α-hetero) is 1. The van der Waals surface area contributed by atoms with Crippen LogP contribution >= 0.6 is 0 Å². The lowest BCUT2D eigenvalue weighted by Gasteiger charge is -2.19. The molecule has 2 heterocycles. The maximum atomic E-state index is 12.2. The van der Waals surface area contributed by atoms with Gasteiger partial charge in [-0.1, -0.05) is 0 Å². The van der Waals surface area contributed by atoms with E-state index in [1.807, 2.05) is 0 Å². The Morgan fingerprint density at radius 1 is 1.33 bits per heavy atom. The second kappa shape index (κ2) is 6.60. The first kappa shape index (κ1) is 16.4. The Kier molecular flexibility index (Phi) is 4.53. The molecule has 2 saturated heterocycles. The first-order valence-electron chi connectivity index (χ1n) is 8.01. The summed E-state index contributed by atoms with van der Waals surface area (Å²) < 4.78 is 5.45. The number of ketones is 1. The van der Waals surface area contributed by atoms with E-state index in [0.29, 0.717) is 24.3 Å². The topological polar surface area (TPSA) is 87.2 Å². The largest absolute Gasteiger partial charge is 0.491 e. The molecule has 0 aromatic heterocycles. The first-order chi connectivity index (χ1) is 11.5. The van der Waals surface area contributed by atoms with Crippen LogP contribution in [-0.2, 0) is 4.79 Å². The SMILES string of the molecule is CC(=O)c1ccc(OC[C@@H](O)CN2C(=O)[C@@H]3CCCN3C2=O)cc1. The van der Waals surface area contributed by atoms with Gasteiger partial charge in [0.05, 0.1) is 6.54 Å². The lowest BCUT2D eigenvalue weighted by molar-refractivity contribution is -0.129. The van der Waals surface area contributed by atoms with Crippen LogP contribution < -0.4 is 4.74 Å². The first-order valence-corrected chi connectivity index (χ1v) is 8.01. The third-order valence-corrected chi connectivity index (χ3v) is 4.38. The van der Waals surface area contributed by atoms with Gasteiger partial charge in [-0.3, -0.25) is 14.5 Å². The number of imide groups is 1. The van der Waals surface area contributed by atoms with Gasteiger partial charge in [0, 0.05) is 12.1 Å². The number of nitrogens with zero attached hydrogens (tertiary/aromatic N) is 2. The van der Waals surface area contributed by atoms with Crippen LogP contribution in [0.3, 0.4) is 0 Å². The highest BCUT2D eigenvalue weighted by Gasteiger charge is 2.47. The van der Waals surface area contributed by atoms with Crippen LogP contribution in [0.2, 0.25) is 0 Å². The maximum absolute atomic E-state index is 12.2. The molecule has 7 heteroatoms. The minimum Gasteiger partial charge on any atom is -0.491 e. The number of β-amino-alcohol motifs (C(OH)–C–C–N with tert-alkyl or cyclic N) is 1. The van der Waals surface area contributed by atoms with Gasteiger partial charge in [-0.25, -0.2) is 4.79 Å². The van der Waals surface area contributed by atoms with Crippen molar-refractivity contribution in [1.29, 1.82) is 0 Å². The molecule has 2 aliphatic rings. The van der Waals surface area contributed by atoms with E-state index in [1.165, 1.54) is 6.92 Å². The van der Waals surface area contributed by atoms with Crippen LogP contribution in [0.4, 0.5) is 4.79 Å². The molecule has 0 radical (unpaired) electrons. The number of aliphatic hydroxyl groups is 1. The number of fused-ring (bicyclic) bond motifs is 1. The number of ether oxygens (including phenoxy) is 1. The van der Waals surface area contributed by atoms with Gasteiger partial charge in [0.1, 0.15) is 24.5 Å². The number of carbonyl (C=O) groups is 3. The molecule has 0 saturated carbocycles. The summed E-state index contributed by atoms with van der Waals surface area (Å²) in [6, 6.07) is 5.90. The molecule has 128 valence electrons. The highest BCUT2D eigenvalue weighted by molar-refractivity contribution is 6.04. The molecular formula is C17H20N2O5. The Bertz CT molecular complexity index is 635. The van der Waals surface area contributed by atoms with Crippen LogP contribution in [0.15, 0.2) is 24.3 Å². The molecular weight excluding hydrogens is 312 g/mol. The number of benzene rings is 1. The van der Waals surface area contributed by atoms with Crippen molar-refractivity contribution in [3.8, 4) is 5.75 Å². The molecule has 0 unspecified atom stereocenters. The fraction of sp³-hybridized carbons (Fsp3) is 0.471. The van der Waals surface area contributed by atoms with Crippen molar-refractivity contribution in [3.63, 3.8) is 0 Å². The van der Waals surface area contributed by atoms with Crippen molar-refractivity contribution in [2.45, 2.75) is 31.9 Å². The molecule has 24 heavy (non-hydrogen) atoms. The van der Waals surface area contributed by atoms with Gasteiger partial charge in [0.15, 0.2) is 5.78 Å². The van der Waals surface area contributed by atoms with Gasteiger partial charge in [0.2, 0.25) is 0 Å². The normalized spacial score (nSPS) is 21.2. The zero-order valence-corrected chi connectivity index (χ0v) is 13.5. The summed E-state index contributed by atoms with van der Waals surface area (Å²) in [5.74, 6) is 0.245. The van der Waals surface area contributed by atoms with Crippen molar-refractivity contribution in [3.05, 3.63) is 29.8 Å². The van der Waals surface area contributed by atoms with E-state index in [4.69, 9.17) is 4.74 Å². The summed E-state index contributed by atoms with van der Waals surface area (Å²) >= 11 is 0. The smallest absolute Gasteiger partial charge is 0.327 e. The number of hydrogen-bond donors (Lipinski definition) is 1. The number of amides is 3. The number of rotatable bonds is 6. The Morgan fingerprint density at radius 2 is 2.04 bits per heavy atom. The minimum absolute atomic E-state index is 0.0341. The number of urea groups is 1. The van der Waals surface area contributed by atoms with Crippen molar-refractivity contribution in [1.82, 2.24) is 9.80 Å². The van der Waals surface area contributed by atoms with E-state index in [9.17, 15) is 19.5 Å². The second-order valence-corrected chi connectivity index (χ2v) is 6.13. The molecule has 0 aliphatic carbocycles. The minimum atomic E-state index is -0.967. The van der Waals surface area contributed by atoms with Crippen molar-refractivity contribution < 1.29 is 24.2 Å². The average molecular weight is 332 g/mol. The van der Waals surface area contributed by atoms with Crippen LogP contribution in [0.25, 0.3) is 0 Å². The quantitative estimate of drug-likeness (QED) is 0.622. The van der Waals surface area contributed by atoms with E-state index in [-0.39, 0.29) is 36.9 Å². The Labute approximate surface area is 139 Å². The lowest BCUT2D eigenvalue weighted by Crippen LogP contribution is -2.41. The Hall–Kier alpha value is -2.41. The molecule has 2 atom stereocenters. The molecule has 2 fully saturated rings. The molecule has 7 nitrogen and oxygen atoms in total. The van der Waals surface area contributed by atoms with Crippen LogP contribution in [0.1, 0.15) is 30.1 Å². The van der Waals surface area contributed by atoms with Crippen molar-refractivity contribution >= 4 is 17.7 Å². The summed E-state index contributed by atoms with van der Waals surface area (Å²) in [6.07, 6.45) is 0.569. The summed E-state index contributed by atoms with van der Waals surface area (Å²) in [7, 11) is 0. The summed E-state index contributed by atoms with van der Waals surface area (Å²) in [4.78, 5) is 38.2. The van der Waals surface area contributed by atoms with Gasteiger partial charge in [-0.05, 0) is 44.0 Å². The van der Waals surface area contributed by atoms with Crippen molar-refractivity contribution in [2.75, 3.05) is 19.7 Å². The summed E-state index contributed by atoms with van der Waals surface area (Å²) in [5, 5.41) is 10.1. The fourth-order valence-corrected chi connectivity index (χ4v) is 3.09. The average Bonchev–Trinajstić information content (AvgIpc) is 3.13. The zero-order valence-electron chi connectivity index (χ0n) is 13.5. The van der Waals surface area contributed by atoms with E-state index in [1.54, 1.807) is 29.2 Å². The van der Waals surface area contributed by atoms with Crippen LogP contribution in [0, 0.1) is 0 Å². The molecule has 1 N–H and O–H groups in total. The molecule has 1 aromatic carbocycles. The molecule has 0 spiro atoms. The van der Waals surface area contributed by atoms with E-state index in [2.05, 4.69) is 0 Å². The number of carbonyl (C=O) groups excluding carboxylic acids is 3. The number of aliphatic hydroxyl groups excluding tert-OH is 1. The van der Waals surface area contributed by atoms with E-state index in [0.717, 1.165) is 11.3 Å². The van der Waals surface area contributed by atoms with E-state index >= 15 is 0 Å². The van der Waals surface area contributed by atoms with Crippen molar-refractivity contribution in [2.24, 2.45) is 0 Å². The maximum Gasteiger partial charge on any atom is 0.327 e. The predicted octanol–water partition coefficient (Wildman–Crippen LogP) is 1.06. The second-order valence-electron chi connectivity index (χ2n) is 6.13. The third kappa shape index (κ3) is 3.12. The van der Waals surface area contributed by atoms with E-state index < -0.39 is 6.10 Å². The Balaban J connectivity index is 1.52. The summed E-state index contributed by atoms with van der Waals surface area (Å²) in [5.41, 5.74) is 0.580. The fourth-order valence-electron chi connectivity index (χ4n) is 3.09. The molecule has 3 amide bonds. The summed E-state index contributed by atoms with van der Waals surface area (Å²) in [6.45, 7) is 1.97. The van der Waals surface area contributed by atoms with Gasteiger partial charge >= 0.3 is 6.03 Å². The monoisotopic (exact) mass is 332 g/mol. The predicted molar refractivity (Wildman–Crippen MR) is 84.8 cm³/mol. The molecule has 3 rings (SSSR count). The zero-order chi connectivity index (χ0) is 17.3. The lowest BCUT2D eigenvalue weighted by atomic mass is 10.1.